The second-order valence-electron chi connectivity index (χ2n) is 7.55. The van der Waals surface area contributed by atoms with Crippen LogP contribution in [0.15, 0.2) is 6.07 Å². The van der Waals surface area contributed by atoms with Crippen LogP contribution in [0, 0.1) is 11.8 Å². The van der Waals surface area contributed by atoms with Crippen molar-refractivity contribution in [2.75, 3.05) is 40.3 Å². The minimum absolute atomic E-state index is 0.0400. The van der Waals surface area contributed by atoms with Gasteiger partial charge in [-0.25, -0.2) is 0 Å². The van der Waals surface area contributed by atoms with Crippen LogP contribution in [0.5, 0.6) is 0 Å². The summed E-state index contributed by atoms with van der Waals surface area (Å²) in [6.07, 6.45) is 0.975. The molecule has 0 aromatic carbocycles. The Kier molecular flexibility index (Phi) is 6.40. The van der Waals surface area contributed by atoms with E-state index in [4.69, 9.17) is 0 Å². The molecule has 0 saturated carbocycles. The molecular weight excluding hydrogens is 304 g/mol. The highest BCUT2D eigenvalue weighted by atomic mass is 16.3. The molecule has 6 heteroatoms. The minimum Gasteiger partial charge on any atom is -0.396 e. The summed E-state index contributed by atoms with van der Waals surface area (Å²) in [6, 6.07) is 1.93. The Morgan fingerprint density at radius 3 is 2.58 bits per heavy atom. The number of hydrogen-bond donors (Lipinski definition) is 1. The van der Waals surface area contributed by atoms with Crippen LogP contribution in [-0.2, 0) is 6.54 Å². The van der Waals surface area contributed by atoms with Crippen molar-refractivity contribution in [3.63, 3.8) is 0 Å². The van der Waals surface area contributed by atoms with E-state index in [1.165, 1.54) is 0 Å². The van der Waals surface area contributed by atoms with E-state index in [1.807, 2.05) is 17.9 Å². The minimum atomic E-state index is 0.0400. The molecule has 0 aliphatic carbocycles. The van der Waals surface area contributed by atoms with Gasteiger partial charge in [-0.2, -0.15) is 5.10 Å². The van der Waals surface area contributed by atoms with Gasteiger partial charge in [0.05, 0.1) is 5.69 Å². The quantitative estimate of drug-likeness (QED) is 0.858. The molecule has 0 spiro atoms. The monoisotopic (exact) mass is 336 g/mol. The molecule has 1 aromatic rings. The maximum atomic E-state index is 13.1. The predicted molar refractivity (Wildman–Crippen MR) is 95.1 cm³/mol. The molecule has 1 aliphatic rings. The van der Waals surface area contributed by atoms with Crippen LogP contribution in [0.1, 0.15) is 49.3 Å². The summed E-state index contributed by atoms with van der Waals surface area (Å²) >= 11 is 0. The van der Waals surface area contributed by atoms with Crippen molar-refractivity contribution in [1.82, 2.24) is 19.6 Å². The predicted octanol–water partition coefficient (Wildman–Crippen LogP) is 1.66. The summed E-state index contributed by atoms with van der Waals surface area (Å²) in [5.74, 6) is 0.906. The van der Waals surface area contributed by atoms with Gasteiger partial charge in [0.25, 0.3) is 5.91 Å². The average molecular weight is 336 g/mol. The van der Waals surface area contributed by atoms with Crippen LogP contribution in [0.2, 0.25) is 0 Å². The first-order valence-electron chi connectivity index (χ1n) is 8.98. The number of rotatable bonds is 6. The van der Waals surface area contributed by atoms with E-state index < -0.39 is 0 Å². The van der Waals surface area contributed by atoms with Gasteiger partial charge in [-0.15, -0.1) is 0 Å². The fraction of sp³-hybridized carbons (Fsp3) is 0.778. The molecule has 2 heterocycles. The number of carbonyl (C=O) groups excluding carboxylic acids is 1. The number of hydrogen-bond acceptors (Lipinski definition) is 4. The molecule has 2 rings (SSSR count). The largest absolute Gasteiger partial charge is 0.396 e. The molecular formula is C18H32N4O2. The fourth-order valence-electron chi connectivity index (χ4n) is 3.56. The molecule has 2 atom stereocenters. The second-order valence-corrected chi connectivity index (χ2v) is 7.55. The van der Waals surface area contributed by atoms with Crippen molar-refractivity contribution in [3.8, 4) is 0 Å². The fourth-order valence-corrected chi connectivity index (χ4v) is 3.56. The summed E-state index contributed by atoms with van der Waals surface area (Å²) in [7, 11) is 4.10. The maximum absolute atomic E-state index is 13.1. The lowest BCUT2D eigenvalue weighted by Gasteiger charge is -2.38. The maximum Gasteiger partial charge on any atom is 0.272 e. The molecule has 1 saturated heterocycles. The Morgan fingerprint density at radius 2 is 2.04 bits per heavy atom. The Bertz CT molecular complexity index is 553. The zero-order valence-electron chi connectivity index (χ0n) is 15.7. The van der Waals surface area contributed by atoms with Gasteiger partial charge in [0.1, 0.15) is 5.69 Å². The summed E-state index contributed by atoms with van der Waals surface area (Å²) in [5, 5.41) is 14.2. The van der Waals surface area contributed by atoms with Gasteiger partial charge in [0.15, 0.2) is 0 Å². The zero-order valence-corrected chi connectivity index (χ0v) is 15.7. The lowest BCUT2D eigenvalue weighted by Crippen LogP contribution is -2.47. The Labute approximate surface area is 145 Å². The molecule has 2 unspecified atom stereocenters. The third-order valence-corrected chi connectivity index (χ3v) is 4.70. The van der Waals surface area contributed by atoms with E-state index in [2.05, 4.69) is 37.9 Å². The second kappa shape index (κ2) is 8.12. The van der Waals surface area contributed by atoms with E-state index in [1.54, 1.807) is 4.68 Å². The standard InChI is InChI=1S/C18H32N4O2/c1-6-22-17(8-16(19-22)13(2)3)18(24)21-10-14(9-20(4)5)7-15(11-21)12-23/h8,13-15,23H,6-7,9-12H2,1-5H3. The number of piperidine rings is 1. The Balaban J connectivity index is 2.20. The zero-order chi connectivity index (χ0) is 17.9. The number of aryl methyl sites for hydroxylation is 1. The molecule has 1 fully saturated rings. The van der Waals surface area contributed by atoms with Crippen molar-refractivity contribution in [2.24, 2.45) is 11.8 Å². The molecule has 0 bridgehead atoms. The first-order chi connectivity index (χ1) is 11.3. The van der Waals surface area contributed by atoms with Gasteiger partial charge in [-0.05, 0) is 51.3 Å². The molecule has 1 aliphatic heterocycles. The SMILES string of the molecule is CCn1nc(C(C)C)cc1C(=O)N1CC(CO)CC(CN(C)C)C1. The van der Waals surface area contributed by atoms with E-state index in [0.29, 0.717) is 30.6 Å². The van der Waals surface area contributed by atoms with Crippen LogP contribution < -0.4 is 0 Å². The van der Waals surface area contributed by atoms with Crippen molar-refractivity contribution >= 4 is 5.91 Å². The van der Waals surface area contributed by atoms with Gasteiger partial charge in [-0.3, -0.25) is 9.48 Å². The van der Waals surface area contributed by atoms with Gasteiger partial charge >= 0.3 is 0 Å². The lowest BCUT2D eigenvalue weighted by molar-refractivity contribution is 0.0467. The number of aromatic nitrogens is 2. The van der Waals surface area contributed by atoms with Crippen molar-refractivity contribution < 1.29 is 9.90 Å². The van der Waals surface area contributed by atoms with Crippen LogP contribution in [0.3, 0.4) is 0 Å². The van der Waals surface area contributed by atoms with Gasteiger partial charge in [-0.1, -0.05) is 13.8 Å². The van der Waals surface area contributed by atoms with E-state index in [0.717, 1.165) is 25.2 Å². The molecule has 136 valence electrons. The number of nitrogens with zero attached hydrogens (tertiary/aromatic N) is 4. The lowest BCUT2D eigenvalue weighted by atomic mass is 9.89. The first-order valence-corrected chi connectivity index (χ1v) is 8.98. The normalized spacial score (nSPS) is 21.8. The summed E-state index contributed by atoms with van der Waals surface area (Å²) in [4.78, 5) is 17.1. The summed E-state index contributed by atoms with van der Waals surface area (Å²) in [6.45, 7) is 9.33. The topological polar surface area (TPSA) is 61.6 Å². The third-order valence-electron chi connectivity index (χ3n) is 4.70. The average Bonchev–Trinajstić information content (AvgIpc) is 2.97. The van der Waals surface area contributed by atoms with Crippen LogP contribution in [0.4, 0.5) is 0 Å². The highest BCUT2D eigenvalue weighted by molar-refractivity contribution is 5.92. The third kappa shape index (κ3) is 4.36. The van der Waals surface area contributed by atoms with Gasteiger partial charge in [0.2, 0.25) is 0 Å². The van der Waals surface area contributed by atoms with Crippen LogP contribution in [0.25, 0.3) is 0 Å². The highest BCUT2D eigenvalue weighted by Crippen LogP contribution is 2.24. The van der Waals surface area contributed by atoms with Gasteiger partial charge in [0, 0.05) is 32.8 Å². The van der Waals surface area contributed by atoms with E-state index >= 15 is 0 Å². The summed E-state index contributed by atoms with van der Waals surface area (Å²) in [5.41, 5.74) is 1.63. The van der Waals surface area contributed by atoms with E-state index in [-0.39, 0.29) is 18.4 Å². The van der Waals surface area contributed by atoms with E-state index in [9.17, 15) is 9.90 Å². The molecule has 1 amide bonds. The number of amides is 1. The first kappa shape index (κ1) is 18.9. The number of carbonyl (C=O) groups is 1. The number of aliphatic hydroxyl groups is 1. The Hall–Kier alpha value is -1.40. The molecule has 6 nitrogen and oxygen atoms in total. The molecule has 24 heavy (non-hydrogen) atoms. The van der Waals surface area contributed by atoms with Crippen LogP contribution in [-0.4, -0.2) is 70.9 Å². The molecule has 1 aromatic heterocycles. The number of aliphatic hydroxyl groups excluding tert-OH is 1. The smallest absolute Gasteiger partial charge is 0.272 e. The Morgan fingerprint density at radius 1 is 1.38 bits per heavy atom. The van der Waals surface area contributed by atoms with Crippen LogP contribution >= 0.6 is 0 Å². The summed E-state index contributed by atoms with van der Waals surface area (Å²) < 4.78 is 1.81. The van der Waals surface area contributed by atoms with Crippen molar-refractivity contribution in [1.29, 1.82) is 0 Å². The highest BCUT2D eigenvalue weighted by Gasteiger charge is 2.32. The van der Waals surface area contributed by atoms with Gasteiger partial charge < -0.3 is 14.9 Å². The molecule has 0 radical (unpaired) electrons. The van der Waals surface area contributed by atoms with Crippen molar-refractivity contribution in [2.45, 2.75) is 39.7 Å². The van der Waals surface area contributed by atoms with Crippen molar-refractivity contribution in [3.05, 3.63) is 17.5 Å². The molecule has 1 N–H and O–H groups in total. The number of likely N-dealkylation sites (tertiary alicyclic amines) is 1.